The number of nitrogens with one attached hydrogen (secondary N) is 2. The maximum atomic E-state index is 13.0. The zero-order valence-corrected chi connectivity index (χ0v) is 17.4. The van der Waals surface area contributed by atoms with Gasteiger partial charge < -0.3 is 14.8 Å². The standard InChI is InChI=1S/C23H21N5O4/c1-27-9-7-14-6-8-24-19(20(14)27)22(31)25-11-13-2-3-15-12-28(23(32)16(15)10-13)17-4-5-18(29)26-21(17)30/h2-3,6-10,17H,4-5,11-12H2,1H3,(H,25,31)(H,26,29,30). The molecular formula is C23H21N5O4. The maximum absolute atomic E-state index is 13.0. The molecule has 162 valence electrons. The van der Waals surface area contributed by atoms with Crippen LogP contribution in [0.15, 0.2) is 42.7 Å². The topological polar surface area (TPSA) is 113 Å². The first-order valence-electron chi connectivity index (χ1n) is 10.4. The number of carbonyl (C=O) groups is 4. The molecule has 3 aromatic rings. The Kier molecular flexibility index (Phi) is 4.73. The highest BCUT2D eigenvalue weighted by atomic mass is 16.2. The van der Waals surface area contributed by atoms with Gasteiger partial charge in [0.25, 0.3) is 11.8 Å². The Balaban J connectivity index is 1.31. The molecule has 4 heterocycles. The Morgan fingerprint density at radius 2 is 2.06 bits per heavy atom. The number of pyridine rings is 1. The van der Waals surface area contributed by atoms with Crippen molar-refractivity contribution in [2.24, 2.45) is 7.05 Å². The highest BCUT2D eigenvalue weighted by molar-refractivity contribution is 6.06. The van der Waals surface area contributed by atoms with Crippen molar-refractivity contribution in [1.82, 2.24) is 25.1 Å². The van der Waals surface area contributed by atoms with Gasteiger partial charge in [0.1, 0.15) is 6.04 Å². The third-order valence-electron chi connectivity index (χ3n) is 6.05. The van der Waals surface area contributed by atoms with Gasteiger partial charge in [0.15, 0.2) is 5.69 Å². The van der Waals surface area contributed by atoms with Crippen LogP contribution in [0.2, 0.25) is 0 Å². The van der Waals surface area contributed by atoms with E-state index in [4.69, 9.17) is 0 Å². The lowest BCUT2D eigenvalue weighted by molar-refractivity contribution is -0.136. The van der Waals surface area contributed by atoms with E-state index < -0.39 is 11.9 Å². The lowest BCUT2D eigenvalue weighted by Gasteiger charge is -2.29. The molecule has 1 saturated heterocycles. The van der Waals surface area contributed by atoms with E-state index in [0.29, 0.717) is 24.2 Å². The third kappa shape index (κ3) is 3.31. The van der Waals surface area contributed by atoms with Gasteiger partial charge in [-0.15, -0.1) is 0 Å². The van der Waals surface area contributed by atoms with Crippen molar-refractivity contribution in [3.63, 3.8) is 0 Å². The summed E-state index contributed by atoms with van der Waals surface area (Å²) in [7, 11) is 1.86. The van der Waals surface area contributed by atoms with Gasteiger partial charge in [-0.25, -0.2) is 4.98 Å². The number of imide groups is 1. The van der Waals surface area contributed by atoms with E-state index in [-0.39, 0.29) is 30.7 Å². The molecule has 2 aromatic heterocycles. The Hall–Kier alpha value is -4.01. The smallest absolute Gasteiger partial charge is 0.272 e. The van der Waals surface area contributed by atoms with Crippen LogP contribution in [0.3, 0.4) is 0 Å². The summed E-state index contributed by atoms with van der Waals surface area (Å²) in [5.74, 6) is -1.28. The lowest BCUT2D eigenvalue weighted by atomic mass is 10.0. The van der Waals surface area contributed by atoms with Crippen LogP contribution in [0, 0.1) is 0 Å². The van der Waals surface area contributed by atoms with Crippen LogP contribution in [-0.2, 0) is 29.7 Å². The molecule has 0 saturated carbocycles. The Bertz CT molecular complexity index is 1290. The molecule has 9 nitrogen and oxygen atoms in total. The van der Waals surface area contributed by atoms with Crippen molar-refractivity contribution in [3.8, 4) is 0 Å². The molecule has 1 unspecified atom stereocenters. The van der Waals surface area contributed by atoms with Crippen LogP contribution >= 0.6 is 0 Å². The van der Waals surface area contributed by atoms with Crippen molar-refractivity contribution >= 4 is 34.5 Å². The van der Waals surface area contributed by atoms with Crippen LogP contribution in [0.5, 0.6) is 0 Å². The molecule has 1 atom stereocenters. The number of benzene rings is 1. The van der Waals surface area contributed by atoms with E-state index in [1.54, 1.807) is 12.3 Å². The number of nitrogens with zero attached hydrogens (tertiary/aromatic N) is 3. The fourth-order valence-electron chi connectivity index (χ4n) is 4.38. The molecule has 5 rings (SSSR count). The van der Waals surface area contributed by atoms with E-state index in [1.165, 1.54) is 4.90 Å². The fraction of sp³-hybridized carbons (Fsp3) is 0.261. The third-order valence-corrected chi connectivity index (χ3v) is 6.05. The second-order valence-corrected chi connectivity index (χ2v) is 8.10. The molecule has 0 spiro atoms. The number of hydrogen-bond donors (Lipinski definition) is 2. The maximum Gasteiger partial charge on any atom is 0.272 e. The minimum absolute atomic E-state index is 0.218. The van der Waals surface area contributed by atoms with Crippen molar-refractivity contribution < 1.29 is 19.2 Å². The summed E-state index contributed by atoms with van der Waals surface area (Å²) in [5.41, 5.74) is 3.22. The van der Waals surface area contributed by atoms with Crippen LogP contribution in [0.4, 0.5) is 0 Å². The number of aryl methyl sites for hydroxylation is 1. The second-order valence-electron chi connectivity index (χ2n) is 8.10. The van der Waals surface area contributed by atoms with Crippen LogP contribution in [-0.4, -0.2) is 44.1 Å². The van der Waals surface area contributed by atoms with E-state index in [2.05, 4.69) is 15.6 Å². The van der Waals surface area contributed by atoms with E-state index in [1.807, 2.05) is 42.1 Å². The predicted octanol–water partition coefficient (Wildman–Crippen LogP) is 1.26. The van der Waals surface area contributed by atoms with Crippen molar-refractivity contribution in [2.45, 2.75) is 32.0 Å². The molecule has 0 bridgehead atoms. The molecule has 9 heteroatoms. The molecule has 2 N–H and O–H groups in total. The first-order valence-corrected chi connectivity index (χ1v) is 10.4. The lowest BCUT2D eigenvalue weighted by Crippen LogP contribution is -2.52. The first kappa shape index (κ1) is 19.9. The number of amides is 4. The van der Waals surface area contributed by atoms with Crippen molar-refractivity contribution in [2.75, 3.05) is 0 Å². The van der Waals surface area contributed by atoms with Crippen LogP contribution in [0.25, 0.3) is 10.9 Å². The summed E-state index contributed by atoms with van der Waals surface area (Å²) >= 11 is 0. The summed E-state index contributed by atoms with van der Waals surface area (Å²) in [5, 5.41) is 6.11. The van der Waals surface area contributed by atoms with Gasteiger partial charge in [-0.3, -0.25) is 24.5 Å². The SMILES string of the molecule is Cn1ccc2ccnc(C(=O)NCc3ccc4c(c3)C(=O)N(C3CCC(=O)NC3=O)C4)c21. The Morgan fingerprint density at radius 1 is 1.22 bits per heavy atom. The predicted molar refractivity (Wildman–Crippen MR) is 114 cm³/mol. The van der Waals surface area contributed by atoms with Gasteiger partial charge in [0.2, 0.25) is 11.8 Å². The summed E-state index contributed by atoms with van der Waals surface area (Å²) in [6, 6.07) is 8.59. The molecule has 0 aliphatic carbocycles. The van der Waals surface area contributed by atoms with Gasteiger partial charge in [-0.2, -0.15) is 0 Å². The fourth-order valence-corrected chi connectivity index (χ4v) is 4.38. The zero-order valence-electron chi connectivity index (χ0n) is 17.4. The van der Waals surface area contributed by atoms with Crippen molar-refractivity contribution in [1.29, 1.82) is 0 Å². The average Bonchev–Trinajstić information content (AvgIpc) is 3.32. The summed E-state index contributed by atoms with van der Waals surface area (Å²) in [4.78, 5) is 55.1. The van der Waals surface area contributed by atoms with Gasteiger partial charge in [0, 0.05) is 49.9 Å². The van der Waals surface area contributed by atoms with Gasteiger partial charge in [0.05, 0.1) is 5.52 Å². The molecule has 1 fully saturated rings. The number of hydrogen-bond acceptors (Lipinski definition) is 5. The van der Waals surface area contributed by atoms with E-state index >= 15 is 0 Å². The van der Waals surface area contributed by atoms with Gasteiger partial charge in [-0.1, -0.05) is 12.1 Å². The second kappa shape index (κ2) is 7.60. The summed E-state index contributed by atoms with van der Waals surface area (Å²) in [6.07, 6.45) is 4.03. The summed E-state index contributed by atoms with van der Waals surface area (Å²) in [6.45, 7) is 0.562. The van der Waals surface area contributed by atoms with Crippen LogP contribution < -0.4 is 10.6 Å². The number of carbonyl (C=O) groups excluding carboxylic acids is 4. The number of aromatic nitrogens is 2. The number of piperidine rings is 1. The largest absolute Gasteiger partial charge is 0.349 e. The number of rotatable bonds is 4. The highest BCUT2D eigenvalue weighted by Crippen LogP contribution is 2.28. The van der Waals surface area contributed by atoms with Crippen LogP contribution in [0.1, 0.15) is 44.8 Å². The Labute approximate surface area is 183 Å². The number of fused-ring (bicyclic) bond motifs is 2. The van der Waals surface area contributed by atoms with E-state index in [0.717, 1.165) is 22.0 Å². The Morgan fingerprint density at radius 3 is 2.88 bits per heavy atom. The van der Waals surface area contributed by atoms with Gasteiger partial charge >= 0.3 is 0 Å². The minimum Gasteiger partial charge on any atom is -0.349 e. The molecule has 1 aromatic carbocycles. The zero-order chi connectivity index (χ0) is 22.4. The molecular weight excluding hydrogens is 410 g/mol. The molecule has 2 aliphatic rings. The normalized spacial score (nSPS) is 18.1. The highest BCUT2D eigenvalue weighted by Gasteiger charge is 2.39. The quantitative estimate of drug-likeness (QED) is 0.604. The summed E-state index contributed by atoms with van der Waals surface area (Å²) < 4.78 is 1.86. The molecule has 0 radical (unpaired) electrons. The molecule has 2 aliphatic heterocycles. The monoisotopic (exact) mass is 431 g/mol. The minimum atomic E-state index is -0.646. The van der Waals surface area contributed by atoms with Crippen molar-refractivity contribution in [3.05, 3.63) is 65.1 Å². The van der Waals surface area contributed by atoms with E-state index in [9.17, 15) is 19.2 Å². The molecule has 32 heavy (non-hydrogen) atoms. The van der Waals surface area contributed by atoms with Gasteiger partial charge in [-0.05, 0) is 35.7 Å². The first-order chi connectivity index (χ1) is 15.4. The molecule has 4 amide bonds. The average molecular weight is 431 g/mol.